The summed E-state index contributed by atoms with van der Waals surface area (Å²) in [5.74, 6) is 0. The molecular weight excluding hydrogens is 162 g/mol. The van der Waals surface area contributed by atoms with Gasteiger partial charge in [-0.2, -0.15) is 5.26 Å². The highest BCUT2D eigenvalue weighted by Gasteiger charge is 2.06. The van der Waals surface area contributed by atoms with Crippen molar-refractivity contribution in [1.29, 1.82) is 5.26 Å². The van der Waals surface area contributed by atoms with Crippen molar-refractivity contribution in [3.05, 3.63) is 29.6 Å². The van der Waals surface area contributed by atoms with E-state index in [0.29, 0.717) is 5.69 Å². The number of nitriles is 1. The van der Waals surface area contributed by atoms with Crippen LogP contribution in [0, 0.1) is 11.3 Å². The number of pyridine rings is 1. The second kappa shape index (κ2) is 3.77. The average molecular weight is 168 g/mol. The van der Waals surface area contributed by atoms with Gasteiger partial charge < -0.3 is 0 Å². The van der Waals surface area contributed by atoms with E-state index in [1.807, 2.05) is 6.07 Å². The van der Waals surface area contributed by atoms with Gasteiger partial charge >= 0.3 is 0 Å². The fourth-order valence-corrected chi connectivity index (χ4v) is 0.810. The Morgan fingerprint density at radius 1 is 1.58 bits per heavy atom. The van der Waals surface area contributed by atoms with Crippen molar-refractivity contribution in [3.8, 4) is 6.07 Å². The number of hydrogen-bond donors (Lipinski definition) is 0. The van der Waals surface area contributed by atoms with Gasteiger partial charge in [0.2, 0.25) is 0 Å². The Morgan fingerprint density at radius 3 is 2.92 bits per heavy atom. The molecule has 0 aromatic carbocycles. The number of rotatable bonds is 2. The van der Waals surface area contributed by atoms with E-state index < -0.39 is 6.43 Å². The van der Waals surface area contributed by atoms with Crippen molar-refractivity contribution >= 4 is 0 Å². The molecule has 0 aliphatic carbocycles. The molecule has 0 atom stereocenters. The highest BCUT2D eigenvalue weighted by molar-refractivity contribution is 5.19. The zero-order chi connectivity index (χ0) is 8.97. The normalized spacial score (nSPS) is 9.83. The summed E-state index contributed by atoms with van der Waals surface area (Å²) >= 11 is 0. The second-order valence-corrected chi connectivity index (χ2v) is 2.22. The molecule has 0 aliphatic heterocycles. The Labute approximate surface area is 68.5 Å². The SMILES string of the molecule is N#CCc1cc(C(F)F)ccn1. The molecule has 1 aromatic rings. The lowest BCUT2D eigenvalue weighted by molar-refractivity contribution is 0.151. The molecule has 0 saturated heterocycles. The number of aromatic nitrogens is 1. The van der Waals surface area contributed by atoms with Gasteiger partial charge in [0, 0.05) is 11.8 Å². The molecule has 2 nitrogen and oxygen atoms in total. The van der Waals surface area contributed by atoms with Gasteiger partial charge in [0.15, 0.2) is 0 Å². The van der Waals surface area contributed by atoms with Crippen molar-refractivity contribution in [3.63, 3.8) is 0 Å². The zero-order valence-corrected chi connectivity index (χ0v) is 6.17. The quantitative estimate of drug-likeness (QED) is 0.677. The molecule has 1 rings (SSSR count). The molecule has 0 saturated carbocycles. The standard InChI is InChI=1S/C8H6F2N2/c9-8(10)6-2-4-12-7(5-6)1-3-11/h2,4-5,8H,1H2. The van der Waals surface area contributed by atoms with E-state index in [2.05, 4.69) is 4.98 Å². The number of hydrogen-bond acceptors (Lipinski definition) is 2. The fourth-order valence-electron chi connectivity index (χ4n) is 0.810. The van der Waals surface area contributed by atoms with Crippen LogP contribution in [-0.2, 0) is 6.42 Å². The molecule has 1 heterocycles. The second-order valence-electron chi connectivity index (χ2n) is 2.22. The predicted molar refractivity (Wildman–Crippen MR) is 38.5 cm³/mol. The summed E-state index contributed by atoms with van der Waals surface area (Å²) in [7, 11) is 0. The van der Waals surface area contributed by atoms with Gasteiger partial charge in [-0.15, -0.1) is 0 Å². The maximum Gasteiger partial charge on any atom is 0.263 e. The molecule has 0 fully saturated rings. The van der Waals surface area contributed by atoms with Crippen molar-refractivity contribution < 1.29 is 8.78 Å². The molecule has 62 valence electrons. The Bertz CT molecular complexity index is 304. The monoisotopic (exact) mass is 168 g/mol. The van der Waals surface area contributed by atoms with E-state index >= 15 is 0 Å². The van der Waals surface area contributed by atoms with E-state index in [1.165, 1.54) is 18.3 Å². The Kier molecular flexibility index (Phi) is 2.70. The Morgan fingerprint density at radius 2 is 2.33 bits per heavy atom. The number of nitrogens with zero attached hydrogens (tertiary/aromatic N) is 2. The topological polar surface area (TPSA) is 36.7 Å². The molecule has 0 N–H and O–H groups in total. The lowest BCUT2D eigenvalue weighted by Crippen LogP contribution is -1.91. The van der Waals surface area contributed by atoms with E-state index in [-0.39, 0.29) is 12.0 Å². The number of alkyl halides is 2. The smallest absolute Gasteiger partial charge is 0.260 e. The zero-order valence-electron chi connectivity index (χ0n) is 6.17. The summed E-state index contributed by atoms with van der Waals surface area (Å²) < 4.78 is 24.2. The minimum Gasteiger partial charge on any atom is -0.260 e. The van der Waals surface area contributed by atoms with Crippen LogP contribution in [0.3, 0.4) is 0 Å². The molecule has 0 unspecified atom stereocenters. The summed E-state index contributed by atoms with van der Waals surface area (Å²) in [6, 6.07) is 4.33. The van der Waals surface area contributed by atoms with Crippen molar-refractivity contribution in [2.24, 2.45) is 0 Å². The van der Waals surface area contributed by atoms with Gasteiger partial charge in [-0.3, -0.25) is 4.98 Å². The Balaban J connectivity index is 2.90. The number of halogens is 2. The van der Waals surface area contributed by atoms with E-state index in [4.69, 9.17) is 5.26 Å². The summed E-state index contributed by atoms with van der Waals surface area (Å²) in [6.45, 7) is 0. The van der Waals surface area contributed by atoms with Crippen LogP contribution in [0.15, 0.2) is 18.3 Å². The van der Waals surface area contributed by atoms with Crippen LogP contribution in [0.25, 0.3) is 0 Å². The predicted octanol–water partition coefficient (Wildman–Crippen LogP) is 2.09. The molecule has 12 heavy (non-hydrogen) atoms. The minimum atomic E-state index is -2.49. The van der Waals surface area contributed by atoms with Crippen LogP contribution in [0.2, 0.25) is 0 Å². The molecule has 0 aliphatic rings. The van der Waals surface area contributed by atoms with E-state index in [1.54, 1.807) is 0 Å². The highest BCUT2D eigenvalue weighted by atomic mass is 19.3. The van der Waals surface area contributed by atoms with Gasteiger partial charge in [0.25, 0.3) is 6.43 Å². The van der Waals surface area contributed by atoms with E-state index in [9.17, 15) is 8.78 Å². The third-order valence-electron chi connectivity index (χ3n) is 1.35. The molecular formula is C8H6F2N2. The van der Waals surface area contributed by atoms with Crippen molar-refractivity contribution in [2.45, 2.75) is 12.8 Å². The first kappa shape index (κ1) is 8.60. The molecule has 0 bridgehead atoms. The van der Waals surface area contributed by atoms with Crippen LogP contribution in [0.5, 0.6) is 0 Å². The van der Waals surface area contributed by atoms with Gasteiger partial charge in [-0.1, -0.05) is 0 Å². The van der Waals surface area contributed by atoms with Gasteiger partial charge in [0.05, 0.1) is 18.2 Å². The van der Waals surface area contributed by atoms with Crippen LogP contribution < -0.4 is 0 Å². The lowest BCUT2D eigenvalue weighted by atomic mass is 10.2. The first-order valence-corrected chi connectivity index (χ1v) is 3.34. The van der Waals surface area contributed by atoms with Crippen molar-refractivity contribution in [1.82, 2.24) is 4.98 Å². The third kappa shape index (κ3) is 1.99. The van der Waals surface area contributed by atoms with Gasteiger partial charge in [-0.25, -0.2) is 8.78 Å². The molecule has 0 radical (unpaired) electrons. The van der Waals surface area contributed by atoms with Crippen LogP contribution in [-0.4, -0.2) is 4.98 Å². The lowest BCUT2D eigenvalue weighted by Gasteiger charge is -1.99. The first-order valence-electron chi connectivity index (χ1n) is 3.34. The van der Waals surface area contributed by atoms with Gasteiger partial charge in [-0.05, 0) is 12.1 Å². The fraction of sp³-hybridized carbons (Fsp3) is 0.250. The molecule has 4 heteroatoms. The highest BCUT2D eigenvalue weighted by Crippen LogP contribution is 2.18. The summed E-state index contributed by atoms with van der Waals surface area (Å²) in [5.41, 5.74) is 0.297. The average Bonchev–Trinajstić information content (AvgIpc) is 2.05. The van der Waals surface area contributed by atoms with Crippen LogP contribution >= 0.6 is 0 Å². The third-order valence-corrected chi connectivity index (χ3v) is 1.35. The molecule has 1 aromatic heterocycles. The van der Waals surface area contributed by atoms with E-state index in [0.717, 1.165) is 0 Å². The van der Waals surface area contributed by atoms with Crippen LogP contribution in [0.4, 0.5) is 8.78 Å². The summed E-state index contributed by atoms with van der Waals surface area (Å²) in [5, 5.41) is 8.27. The Hall–Kier alpha value is -1.50. The largest absolute Gasteiger partial charge is 0.263 e. The summed E-state index contributed by atoms with van der Waals surface area (Å²) in [6.07, 6.45) is -1.14. The summed E-state index contributed by atoms with van der Waals surface area (Å²) in [4.78, 5) is 3.76. The van der Waals surface area contributed by atoms with Crippen molar-refractivity contribution in [2.75, 3.05) is 0 Å². The maximum absolute atomic E-state index is 12.1. The molecule has 0 amide bonds. The van der Waals surface area contributed by atoms with Crippen LogP contribution in [0.1, 0.15) is 17.7 Å². The minimum absolute atomic E-state index is 0.0700. The first-order chi connectivity index (χ1) is 5.74. The van der Waals surface area contributed by atoms with Gasteiger partial charge in [0.1, 0.15) is 0 Å². The molecule has 0 spiro atoms. The maximum atomic E-state index is 12.1.